The van der Waals surface area contributed by atoms with Gasteiger partial charge in [-0.25, -0.2) is 4.98 Å². The van der Waals surface area contributed by atoms with Gasteiger partial charge in [0.15, 0.2) is 17.3 Å². The normalized spacial score (nSPS) is 11.5. The second-order valence-electron chi connectivity index (χ2n) is 5.68. The number of rotatable bonds is 6. The molecule has 0 fully saturated rings. The first-order valence-electron chi connectivity index (χ1n) is 8.04. The number of hydrogen-bond donors (Lipinski definition) is 0. The fourth-order valence-corrected chi connectivity index (χ4v) is 2.79. The average Bonchev–Trinajstić information content (AvgIpc) is 3.09. The number of ketones is 1. The maximum absolute atomic E-state index is 12.9. The standard InChI is InChI=1S/C20H20N2O4/c1-13(9-15-12-21-18-7-5-6-8-22(15)18)19(23)14-10-16(24-2)20(26-4)17(11-14)25-3/h5-12H,1-4H3/b13-9+. The molecule has 0 aliphatic carbocycles. The second-order valence-corrected chi connectivity index (χ2v) is 5.68. The summed E-state index contributed by atoms with van der Waals surface area (Å²) in [6, 6.07) is 9.05. The molecule has 2 heterocycles. The highest BCUT2D eigenvalue weighted by Crippen LogP contribution is 2.38. The first-order chi connectivity index (χ1) is 12.6. The summed E-state index contributed by atoms with van der Waals surface area (Å²) in [6.45, 7) is 1.77. The van der Waals surface area contributed by atoms with Gasteiger partial charge in [-0.05, 0) is 42.8 Å². The predicted octanol–water partition coefficient (Wildman–Crippen LogP) is 3.65. The van der Waals surface area contributed by atoms with Crippen molar-refractivity contribution in [3.63, 3.8) is 0 Å². The SMILES string of the molecule is COc1cc(C(=O)/C(C)=C/c2cnc3ccccn23)cc(OC)c1OC. The molecule has 0 atom stereocenters. The maximum atomic E-state index is 12.9. The highest BCUT2D eigenvalue weighted by molar-refractivity contribution is 6.11. The minimum atomic E-state index is -0.130. The van der Waals surface area contributed by atoms with E-state index in [0.29, 0.717) is 28.4 Å². The first-order valence-corrected chi connectivity index (χ1v) is 8.04. The first kappa shape index (κ1) is 17.5. The molecule has 3 aromatic rings. The van der Waals surface area contributed by atoms with E-state index in [1.165, 1.54) is 21.3 Å². The van der Waals surface area contributed by atoms with Crippen molar-refractivity contribution >= 4 is 17.5 Å². The summed E-state index contributed by atoms with van der Waals surface area (Å²) in [5, 5.41) is 0. The van der Waals surface area contributed by atoms with Gasteiger partial charge in [-0.1, -0.05) is 6.07 Å². The number of hydrogen-bond acceptors (Lipinski definition) is 5. The summed E-state index contributed by atoms with van der Waals surface area (Å²) < 4.78 is 17.9. The molecule has 134 valence electrons. The maximum Gasteiger partial charge on any atom is 0.203 e. The van der Waals surface area contributed by atoms with Gasteiger partial charge >= 0.3 is 0 Å². The van der Waals surface area contributed by atoms with E-state index in [1.807, 2.05) is 34.9 Å². The molecular formula is C20H20N2O4. The topological polar surface area (TPSA) is 62.1 Å². The molecule has 0 aliphatic rings. The van der Waals surface area contributed by atoms with E-state index < -0.39 is 0 Å². The Balaban J connectivity index is 2.00. The van der Waals surface area contributed by atoms with Crippen LogP contribution in [0.1, 0.15) is 23.0 Å². The van der Waals surface area contributed by atoms with Crippen LogP contribution in [0.15, 0.2) is 48.3 Å². The number of Topliss-reactive ketones (excluding diaryl/α,β-unsaturated/α-hetero) is 1. The highest BCUT2D eigenvalue weighted by Gasteiger charge is 2.18. The number of carbonyl (C=O) groups is 1. The summed E-state index contributed by atoms with van der Waals surface area (Å²) in [6.07, 6.45) is 5.46. The van der Waals surface area contributed by atoms with Gasteiger partial charge in [-0.15, -0.1) is 0 Å². The Labute approximate surface area is 151 Å². The van der Waals surface area contributed by atoms with Crippen molar-refractivity contribution in [1.29, 1.82) is 0 Å². The summed E-state index contributed by atoms with van der Waals surface area (Å²) in [5.74, 6) is 1.21. The molecular weight excluding hydrogens is 332 g/mol. The van der Waals surface area contributed by atoms with E-state index >= 15 is 0 Å². The van der Waals surface area contributed by atoms with Gasteiger partial charge in [0.1, 0.15) is 5.65 Å². The van der Waals surface area contributed by atoms with Gasteiger partial charge < -0.3 is 18.6 Å². The molecule has 0 amide bonds. The number of carbonyl (C=O) groups excluding carboxylic acids is 1. The monoisotopic (exact) mass is 352 g/mol. The number of fused-ring (bicyclic) bond motifs is 1. The van der Waals surface area contributed by atoms with Crippen LogP contribution in [0.3, 0.4) is 0 Å². The number of methoxy groups -OCH3 is 3. The summed E-state index contributed by atoms with van der Waals surface area (Å²) in [7, 11) is 4.57. The zero-order valence-electron chi connectivity index (χ0n) is 15.1. The molecule has 6 heteroatoms. The quantitative estimate of drug-likeness (QED) is 0.501. The van der Waals surface area contributed by atoms with Crippen LogP contribution < -0.4 is 14.2 Å². The minimum Gasteiger partial charge on any atom is -0.493 e. The van der Waals surface area contributed by atoms with E-state index in [-0.39, 0.29) is 5.78 Å². The van der Waals surface area contributed by atoms with Gasteiger partial charge in [-0.3, -0.25) is 4.79 Å². The number of ether oxygens (including phenoxy) is 3. The Morgan fingerprint density at radius 3 is 2.38 bits per heavy atom. The van der Waals surface area contributed by atoms with Crippen molar-refractivity contribution in [2.45, 2.75) is 6.92 Å². The van der Waals surface area contributed by atoms with Gasteiger partial charge in [-0.2, -0.15) is 0 Å². The Hall–Kier alpha value is -3.28. The smallest absolute Gasteiger partial charge is 0.203 e. The number of pyridine rings is 1. The third-order valence-corrected chi connectivity index (χ3v) is 4.10. The second kappa shape index (κ2) is 7.31. The molecule has 0 radical (unpaired) electrons. The van der Waals surface area contributed by atoms with Crippen LogP contribution in [0.5, 0.6) is 17.2 Å². The van der Waals surface area contributed by atoms with E-state index in [4.69, 9.17) is 14.2 Å². The van der Waals surface area contributed by atoms with Crippen molar-refractivity contribution in [3.8, 4) is 17.2 Å². The van der Waals surface area contributed by atoms with Crippen molar-refractivity contribution in [1.82, 2.24) is 9.38 Å². The molecule has 0 bridgehead atoms. The highest BCUT2D eigenvalue weighted by atomic mass is 16.5. The molecule has 26 heavy (non-hydrogen) atoms. The third kappa shape index (κ3) is 3.13. The summed E-state index contributed by atoms with van der Waals surface area (Å²) >= 11 is 0. The molecule has 0 saturated carbocycles. The Morgan fingerprint density at radius 2 is 1.77 bits per heavy atom. The van der Waals surface area contributed by atoms with E-state index in [9.17, 15) is 4.79 Å². The van der Waals surface area contributed by atoms with Crippen LogP contribution in [-0.2, 0) is 0 Å². The minimum absolute atomic E-state index is 0.130. The molecule has 1 aromatic carbocycles. The lowest BCUT2D eigenvalue weighted by Gasteiger charge is -2.13. The van der Waals surface area contributed by atoms with Crippen LogP contribution in [-0.4, -0.2) is 36.5 Å². The van der Waals surface area contributed by atoms with E-state index in [1.54, 1.807) is 25.3 Å². The number of imidazole rings is 1. The van der Waals surface area contributed by atoms with Crippen LogP contribution >= 0.6 is 0 Å². The van der Waals surface area contributed by atoms with Crippen LogP contribution in [0.2, 0.25) is 0 Å². The van der Waals surface area contributed by atoms with Crippen LogP contribution in [0, 0.1) is 0 Å². The fraction of sp³-hybridized carbons (Fsp3) is 0.200. The van der Waals surface area contributed by atoms with E-state index in [2.05, 4.69) is 4.98 Å². The number of aromatic nitrogens is 2. The van der Waals surface area contributed by atoms with Gasteiger partial charge in [0, 0.05) is 11.8 Å². The van der Waals surface area contributed by atoms with Crippen molar-refractivity contribution in [2.75, 3.05) is 21.3 Å². The largest absolute Gasteiger partial charge is 0.493 e. The Morgan fingerprint density at radius 1 is 1.08 bits per heavy atom. The van der Waals surface area contributed by atoms with Crippen molar-refractivity contribution in [3.05, 3.63) is 59.6 Å². The van der Waals surface area contributed by atoms with E-state index in [0.717, 1.165) is 11.3 Å². The molecule has 0 aliphatic heterocycles. The Bertz CT molecular complexity index is 963. The number of nitrogens with zero attached hydrogens (tertiary/aromatic N) is 2. The lowest BCUT2D eigenvalue weighted by molar-refractivity contribution is 0.103. The predicted molar refractivity (Wildman–Crippen MR) is 99.3 cm³/mol. The number of allylic oxidation sites excluding steroid dienone is 1. The lowest BCUT2D eigenvalue weighted by atomic mass is 10.0. The van der Waals surface area contributed by atoms with Gasteiger partial charge in [0.25, 0.3) is 0 Å². The summed E-state index contributed by atoms with van der Waals surface area (Å²) in [4.78, 5) is 17.2. The number of benzene rings is 1. The molecule has 0 unspecified atom stereocenters. The fourth-order valence-electron chi connectivity index (χ4n) is 2.79. The lowest BCUT2D eigenvalue weighted by Crippen LogP contribution is -2.04. The molecule has 3 rings (SSSR count). The van der Waals surface area contributed by atoms with Crippen LogP contribution in [0.25, 0.3) is 11.7 Å². The molecule has 0 N–H and O–H groups in total. The van der Waals surface area contributed by atoms with Crippen molar-refractivity contribution in [2.24, 2.45) is 0 Å². The molecule has 6 nitrogen and oxygen atoms in total. The molecule has 0 spiro atoms. The molecule has 2 aromatic heterocycles. The summed E-state index contributed by atoms with van der Waals surface area (Å²) in [5.41, 5.74) is 2.69. The average molecular weight is 352 g/mol. The third-order valence-electron chi connectivity index (χ3n) is 4.10. The van der Waals surface area contributed by atoms with Crippen molar-refractivity contribution < 1.29 is 19.0 Å². The molecule has 0 saturated heterocycles. The zero-order chi connectivity index (χ0) is 18.7. The van der Waals surface area contributed by atoms with Gasteiger partial charge in [0.2, 0.25) is 5.75 Å². The van der Waals surface area contributed by atoms with Gasteiger partial charge in [0.05, 0.1) is 33.2 Å². The zero-order valence-corrected chi connectivity index (χ0v) is 15.1. The Kier molecular flexibility index (Phi) is 4.93. The van der Waals surface area contributed by atoms with Crippen LogP contribution in [0.4, 0.5) is 0 Å².